The molecule has 0 aliphatic carbocycles. The monoisotopic (exact) mass is 250 g/mol. The van der Waals surface area contributed by atoms with Gasteiger partial charge in [0.15, 0.2) is 0 Å². The van der Waals surface area contributed by atoms with E-state index in [-0.39, 0.29) is 0 Å². The molecule has 0 aliphatic heterocycles. The molecule has 0 radical (unpaired) electrons. The van der Waals surface area contributed by atoms with Gasteiger partial charge >= 0.3 is 0 Å². The fraction of sp³-hybridized carbons (Fsp3) is 0.125. The van der Waals surface area contributed by atoms with Crippen molar-refractivity contribution in [3.8, 4) is 0 Å². The first-order valence-corrected chi connectivity index (χ1v) is 6.25. The number of nitrogens with zero attached hydrogens (tertiary/aromatic N) is 2. The lowest BCUT2D eigenvalue weighted by Crippen LogP contribution is -2.02. The predicted octanol–water partition coefficient (Wildman–Crippen LogP) is 2.91. The third-order valence-corrected chi connectivity index (χ3v) is 3.22. The van der Waals surface area contributed by atoms with Crippen molar-refractivity contribution in [1.29, 1.82) is 0 Å². The van der Waals surface area contributed by atoms with Gasteiger partial charge in [-0.2, -0.15) is 0 Å². The van der Waals surface area contributed by atoms with Crippen molar-refractivity contribution >= 4 is 10.9 Å². The summed E-state index contributed by atoms with van der Waals surface area (Å²) in [6.45, 7) is 0. The highest BCUT2D eigenvalue weighted by Gasteiger charge is 2.11. The summed E-state index contributed by atoms with van der Waals surface area (Å²) in [5.74, 6) is 0. The molecular formula is C16H14N2O. The van der Waals surface area contributed by atoms with Gasteiger partial charge in [0.1, 0.15) is 0 Å². The summed E-state index contributed by atoms with van der Waals surface area (Å²) in [6.07, 6.45) is 5.30. The molecule has 1 unspecified atom stereocenters. The Balaban J connectivity index is 1.96. The average Bonchev–Trinajstić information content (AvgIpc) is 2.47. The molecule has 3 aromatic rings. The largest absolute Gasteiger partial charge is 0.388 e. The number of aliphatic hydroxyl groups is 1. The SMILES string of the molecule is OC(Cc1ccncc1)c1cccc2ncccc12. The number of pyridine rings is 2. The second kappa shape index (κ2) is 5.16. The van der Waals surface area contributed by atoms with Gasteiger partial charge in [0.2, 0.25) is 0 Å². The fourth-order valence-corrected chi connectivity index (χ4v) is 2.27. The molecule has 0 fully saturated rings. The summed E-state index contributed by atoms with van der Waals surface area (Å²) < 4.78 is 0. The first kappa shape index (κ1) is 11.8. The van der Waals surface area contributed by atoms with E-state index in [0.29, 0.717) is 6.42 Å². The predicted molar refractivity (Wildman–Crippen MR) is 74.6 cm³/mol. The first-order valence-electron chi connectivity index (χ1n) is 6.25. The van der Waals surface area contributed by atoms with Crippen molar-refractivity contribution in [2.45, 2.75) is 12.5 Å². The molecule has 0 saturated carbocycles. The van der Waals surface area contributed by atoms with Gasteiger partial charge in [0, 0.05) is 30.4 Å². The second-order valence-electron chi connectivity index (χ2n) is 4.49. The van der Waals surface area contributed by atoms with E-state index in [1.54, 1.807) is 18.6 Å². The van der Waals surface area contributed by atoms with Gasteiger partial charge in [0.25, 0.3) is 0 Å². The van der Waals surface area contributed by atoms with Gasteiger partial charge in [-0.15, -0.1) is 0 Å². The minimum absolute atomic E-state index is 0.532. The minimum Gasteiger partial charge on any atom is -0.388 e. The normalized spacial score (nSPS) is 12.5. The molecule has 0 aliphatic rings. The Labute approximate surface area is 111 Å². The number of benzene rings is 1. The molecular weight excluding hydrogens is 236 g/mol. The summed E-state index contributed by atoms with van der Waals surface area (Å²) in [5, 5.41) is 11.4. The highest BCUT2D eigenvalue weighted by Crippen LogP contribution is 2.25. The number of fused-ring (bicyclic) bond motifs is 1. The average molecular weight is 250 g/mol. The van der Waals surface area contributed by atoms with Gasteiger partial charge in [-0.05, 0) is 35.4 Å². The van der Waals surface area contributed by atoms with E-state index >= 15 is 0 Å². The molecule has 2 aromatic heterocycles. The van der Waals surface area contributed by atoms with Crippen LogP contribution in [0.4, 0.5) is 0 Å². The van der Waals surface area contributed by atoms with Gasteiger partial charge in [-0.25, -0.2) is 0 Å². The van der Waals surface area contributed by atoms with Crippen LogP contribution < -0.4 is 0 Å². The van der Waals surface area contributed by atoms with E-state index in [1.165, 1.54) is 0 Å². The maximum Gasteiger partial charge on any atom is 0.0836 e. The number of rotatable bonds is 3. The van der Waals surface area contributed by atoms with E-state index in [4.69, 9.17) is 0 Å². The lowest BCUT2D eigenvalue weighted by molar-refractivity contribution is 0.180. The maximum atomic E-state index is 10.4. The van der Waals surface area contributed by atoms with E-state index in [0.717, 1.165) is 22.0 Å². The Kier molecular flexibility index (Phi) is 3.21. The summed E-state index contributed by atoms with van der Waals surface area (Å²) in [7, 11) is 0. The molecule has 19 heavy (non-hydrogen) atoms. The summed E-state index contributed by atoms with van der Waals surface area (Å²) in [4.78, 5) is 8.29. The molecule has 3 nitrogen and oxygen atoms in total. The van der Waals surface area contributed by atoms with Gasteiger partial charge < -0.3 is 5.11 Å². The van der Waals surface area contributed by atoms with Crippen LogP contribution in [0.2, 0.25) is 0 Å². The van der Waals surface area contributed by atoms with E-state index in [9.17, 15) is 5.11 Å². The Morgan fingerprint density at radius 3 is 2.63 bits per heavy atom. The van der Waals surface area contributed by atoms with Crippen molar-refractivity contribution < 1.29 is 5.11 Å². The van der Waals surface area contributed by atoms with E-state index in [1.807, 2.05) is 42.5 Å². The van der Waals surface area contributed by atoms with Crippen LogP contribution >= 0.6 is 0 Å². The van der Waals surface area contributed by atoms with E-state index in [2.05, 4.69) is 9.97 Å². The van der Waals surface area contributed by atoms with Crippen LogP contribution in [0.5, 0.6) is 0 Å². The third-order valence-electron chi connectivity index (χ3n) is 3.22. The summed E-state index contributed by atoms with van der Waals surface area (Å²) in [6, 6.07) is 13.6. The number of hydrogen-bond donors (Lipinski definition) is 1. The van der Waals surface area contributed by atoms with Crippen molar-refractivity contribution in [3.63, 3.8) is 0 Å². The fourth-order valence-electron chi connectivity index (χ4n) is 2.27. The highest BCUT2D eigenvalue weighted by molar-refractivity contribution is 5.82. The first-order chi connectivity index (χ1) is 9.34. The van der Waals surface area contributed by atoms with Crippen molar-refractivity contribution in [1.82, 2.24) is 9.97 Å². The third kappa shape index (κ3) is 2.46. The molecule has 1 atom stereocenters. The Morgan fingerprint density at radius 1 is 0.947 bits per heavy atom. The zero-order chi connectivity index (χ0) is 13.1. The van der Waals surface area contributed by atoms with Crippen LogP contribution in [0.3, 0.4) is 0 Å². The smallest absolute Gasteiger partial charge is 0.0836 e. The molecule has 0 bridgehead atoms. The van der Waals surface area contributed by atoms with Crippen molar-refractivity contribution in [3.05, 3.63) is 72.2 Å². The van der Waals surface area contributed by atoms with Crippen LogP contribution in [0.15, 0.2) is 61.1 Å². The maximum absolute atomic E-state index is 10.4. The standard InChI is InChI=1S/C16H14N2O/c19-16(11-12-6-9-17-10-7-12)14-3-1-5-15-13(14)4-2-8-18-15/h1-10,16,19H,11H2. The topological polar surface area (TPSA) is 46.0 Å². The van der Waals surface area contributed by atoms with Crippen LogP contribution in [-0.4, -0.2) is 15.1 Å². The van der Waals surface area contributed by atoms with Crippen LogP contribution in [0.1, 0.15) is 17.2 Å². The van der Waals surface area contributed by atoms with Crippen LogP contribution in [0.25, 0.3) is 10.9 Å². The Hall–Kier alpha value is -2.26. The Bertz CT molecular complexity index is 677. The Morgan fingerprint density at radius 2 is 1.79 bits per heavy atom. The molecule has 0 amide bonds. The molecule has 1 N–H and O–H groups in total. The van der Waals surface area contributed by atoms with E-state index < -0.39 is 6.10 Å². The van der Waals surface area contributed by atoms with Gasteiger partial charge in [-0.1, -0.05) is 18.2 Å². The molecule has 2 heterocycles. The number of aromatic nitrogens is 2. The quantitative estimate of drug-likeness (QED) is 0.777. The molecule has 94 valence electrons. The van der Waals surface area contributed by atoms with Crippen LogP contribution in [0, 0.1) is 0 Å². The molecule has 0 saturated heterocycles. The number of aliphatic hydroxyl groups excluding tert-OH is 1. The highest BCUT2D eigenvalue weighted by atomic mass is 16.3. The summed E-state index contributed by atoms with van der Waals surface area (Å²) >= 11 is 0. The van der Waals surface area contributed by atoms with Crippen molar-refractivity contribution in [2.24, 2.45) is 0 Å². The summed E-state index contributed by atoms with van der Waals surface area (Å²) in [5.41, 5.74) is 2.90. The van der Waals surface area contributed by atoms with Gasteiger partial charge in [0.05, 0.1) is 11.6 Å². The number of hydrogen-bond acceptors (Lipinski definition) is 3. The zero-order valence-corrected chi connectivity index (χ0v) is 10.4. The lowest BCUT2D eigenvalue weighted by Gasteiger charge is -2.13. The van der Waals surface area contributed by atoms with Crippen molar-refractivity contribution in [2.75, 3.05) is 0 Å². The minimum atomic E-state index is -0.532. The molecule has 3 rings (SSSR count). The molecule has 0 spiro atoms. The van der Waals surface area contributed by atoms with Crippen LogP contribution in [-0.2, 0) is 6.42 Å². The lowest BCUT2D eigenvalue weighted by atomic mass is 9.98. The second-order valence-corrected chi connectivity index (χ2v) is 4.49. The molecule has 3 heteroatoms. The molecule has 1 aromatic carbocycles. The van der Waals surface area contributed by atoms with Gasteiger partial charge in [-0.3, -0.25) is 9.97 Å². The zero-order valence-electron chi connectivity index (χ0n) is 10.4.